The molecule has 1 heterocycles. The Morgan fingerprint density at radius 3 is 2.71 bits per heavy atom. The Morgan fingerprint density at radius 2 is 2.00 bits per heavy atom. The fourth-order valence-corrected chi connectivity index (χ4v) is 4.64. The molecule has 24 heavy (non-hydrogen) atoms. The first kappa shape index (κ1) is 17.2. The summed E-state index contributed by atoms with van der Waals surface area (Å²) in [5.74, 6) is 1.08. The van der Waals surface area contributed by atoms with Crippen molar-refractivity contribution in [1.82, 2.24) is 15.5 Å². The van der Waals surface area contributed by atoms with Gasteiger partial charge < -0.3 is 11.1 Å². The number of hydrogen-bond donors (Lipinski definition) is 3. The van der Waals surface area contributed by atoms with Gasteiger partial charge in [-0.1, -0.05) is 6.42 Å². The molecule has 2 fully saturated rings. The number of rotatable bonds is 2. The third-order valence-corrected chi connectivity index (χ3v) is 5.61. The predicted octanol–water partition coefficient (Wildman–Crippen LogP) is 2.93. The summed E-state index contributed by atoms with van der Waals surface area (Å²) in [5.41, 5.74) is 8.79. The molecule has 2 bridgehead atoms. The summed E-state index contributed by atoms with van der Waals surface area (Å²) in [5, 5.41) is 11.3. The Kier molecular flexibility index (Phi) is 4.83. The number of nitrogens with one attached hydrogen (secondary N) is 2. The number of halogens is 1. The van der Waals surface area contributed by atoms with E-state index in [0.29, 0.717) is 23.4 Å². The summed E-state index contributed by atoms with van der Waals surface area (Å²) in [6.45, 7) is 2.01. The fourth-order valence-electron chi connectivity index (χ4n) is 4.64. The molecule has 1 aromatic heterocycles. The van der Waals surface area contributed by atoms with Gasteiger partial charge in [0.2, 0.25) is 0 Å². The Bertz CT molecular complexity index is 730. The van der Waals surface area contributed by atoms with Crippen molar-refractivity contribution in [2.45, 2.75) is 51.1 Å². The van der Waals surface area contributed by atoms with Crippen molar-refractivity contribution in [3.63, 3.8) is 0 Å². The van der Waals surface area contributed by atoms with Crippen LogP contribution in [-0.2, 0) is 0 Å². The van der Waals surface area contributed by atoms with Crippen molar-refractivity contribution in [3.05, 3.63) is 29.5 Å². The van der Waals surface area contributed by atoms with Gasteiger partial charge in [0.1, 0.15) is 0 Å². The number of benzene rings is 1. The molecule has 4 N–H and O–H groups in total. The van der Waals surface area contributed by atoms with Gasteiger partial charge in [0, 0.05) is 17.5 Å². The van der Waals surface area contributed by atoms with Crippen molar-refractivity contribution < 1.29 is 4.79 Å². The third-order valence-electron chi connectivity index (χ3n) is 5.61. The number of H-pyrrole nitrogens is 1. The first-order valence-electron chi connectivity index (χ1n) is 8.62. The highest BCUT2D eigenvalue weighted by Gasteiger charge is 2.40. The molecule has 4 rings (SSSR count). The first-order chi connectivity index (χ1) is 11.1. The monoisotopic (exact) mass is 348 g/mol. The van der Waals surface area contributed by atoms with Gasteiger partial charge in [-0.25, -0.2) is 0 Å². The van der Waals surface area contributed by atoms with Gasteiger partial charge in [-0.15, -0.1) is 12.4 Å². The van der Waals surface area contributed by atoms with Crippen LogP contribution in [0.5, 0.6) is 0 Å². The SMILES string of the molecule is Cc1cc(C(=O)NC2C3CCCC2CC(N)C3)c2[nH]ncc2c1.Cl. The van der Waals surface area contributed by atoms with E-state index in [2.05, 4.69) is 15.5 Å². The molecule has 2 atom stereocenters. The van der Waals surface area contributed by atoms with Crippen LogP contribution in [0.1, 0.15) is 48.0 Å². The molecule has 0 spiro atoms. The van der Waals surface area contributed by atoms with E-state index in [1.54, 1.807) is 6.20 Å². The van der Waals surface area contributed by atoms with Gasteiger partial charge in [-0.2, -0.15) is 5.10 Å². The van der Waals surface area contributed by atoms with Gasteiger partial charge in [0.25, 0.3) is 5.91 Å². The quantitative estimate of drug-likeness (QED) is 0.780. The van der Waals surface area contributed by atoms with Crippen LogP contribution in [0.2, 0.25) is 0 Å². The van der Waals surface area contributed by atoms with Crippen molar-refractivity contribution in [1.29, 1.82) is 0 Å². The Labute approximate surface area is 148 Å². The van der Waals surface area contributed by atoms with Crippen LogP contribution in [0.15, 0.2) is 18.3 Å². The van der Waals surface area contributed by atoms with Crippen LogP contribution in [0.4, 0.5) is 0 Å². The van der Waals surface area contributed by atoms with E-state index in [1.165, 1.54) is 19.3 Å². The van der Waals surface area contributed by atoms with Crippen molar-refractivity contribution in [2.75, 3.05) is 0 Å². The molecular formula is C18H25ClN4O. The zero-order chi connectivity index (χ0) is 16.0. The smallest absolute Gasteiger partial charge is 0.253 e. The highest BCUT2D eigenvalue weighted by molar-refractivity contribution is 6.05. The summed E-state index contributed by atoms with van der Waals surface area (Å²) in [4.78, 5) is 12.9. The molecule has 2 aliphatic rings. The Hall–Kier alpha value is -1.59. The van der Waals surface area contributed by atoms with Crippen LogP contribution in [-0.4, -0.2) is 28.2 Å². The van der Waals surface area contributed by atoms with Crippen molar-refractivity contribution in [2.24, 2.45) is 17.6 Å². The third kappa shape index (κ3) is 3.03. The molecule has 130 valence electrons. The second-order valence-electron chi connectivity index (χ2n) is 7.33. The lowest BCUT2D eigenvalue weighted by Gasteiger charge is -2.45. The summed E-state index contributed by atoms with van der Waals surface area (Å²) >= 11 is 0. The largest absolute Gasteiger partial charge is 0.349 e. The van der Waals surface area contributed by atoms with Crippen molar-refractivity contribution in [3.8, 4) is 0 Å². The minimum atomic E-state index is 0. The summed E-state index contributed by atoms with van der Waals surface area (Å²) < 4.78 is 0. The van der Waals surface area contributed by atoms with E-state index < -0.39 is 0 Å². The van der Waals surface area contributed by atoms with Gasteiger partial charge >= 0.3 is 0 Å². The molecule has 2 unspecified atom stereocenters. The minimum absolute atomic E-state index is 0. The standard InChI is InChI=1S/C18H24N4O.ClH/c1-10-5-13-9-20-22-17(13)15(6-10)18(23)21-16-11-3-2-4-12(16)8-14(19)7-11;/h5-6,9,11-12,14,16H,2-4,7-8,19H2,1H3,(H,20,22)(H,21,23);1H. The van der Waals surface area contributed by atoms with Crippen LogP contribution in [0.3, 0.4) is 0 Å². The summed E-state index contributed by atoms with van der Waals surface area (Å²) in [7, 11) is 0. The molecule has 2 aliphatic carbocycles. The Balaban J connectivity index is 0.00000169. The predicted molar refractivity (Wildman–Crippen MR) is 97.4 cm³/mol. The molecule has 1 amide bonds. The normalized spacial score (nSPS) is 29.1. The lowest BCUT2D eigenvalue weighted by Crippen LogP contribution is -2.53. The number of fused-ring (bicyclic) bond motifs is 3. The molecule has 0 radical (unpaired) electrons. The lowest BCUT2D eigenvalue weighted by atomic mass is 9.67. The molecule has 2 saturated carbocycles. The number of amides is 1. The van der Waals surface area contributed by atoms with Crippen LogP contribution in [0, 0.1) is 18.8 Å². The first-order valence-corrected chi connectivity index (χ1v) is 8.62. The van der Waals surface area contributed by atoms with Crippen LogP contribution < -0.4 is 11.1 Å². The number of nitrogens with two attached hydrogens (primary N) is 1. The molecule has 2 aromatic rings. The number of carbonyl (C=O) groups is 1. The van der Waals surface area contributed by atoms with Gasteiger partial charge in [0.15, 0.2) is 0 Å². The maximum absolute atomic E-state index is 12.9. The minimum Gasteiger partial charge on any atom is -0.349 e. The lowest BCUT2D eigenvalue weighted by molar-refractivity contribution is 0.0757. The fraction of sp³-hybridized carbons (Fsp3) is 0.556. The maximum atomic E-state index is 12.9. The van der Waals surface area contributed by atoms with Gasteiger partial charge in [-0.3, -0.25) is 9.89 Å². The van der Waals surface area contributed by atoms with Gasteiger partial charge in [0.05, 0.1) is 17.3 Å². The van der Waals surface area contributed by atoms with Crippen molar-refractivity contribution >= 4 is 29.2 Å². The molecule has 6 heteroatoms. The van der Waals surface area contributed by atoms with E-state index in [-0.39, 0.29) is 24.4 Å². The highest BCUT2D eigenvalue weighted by atomic mass is 35.5. The topological polar surface area (TPSA) is 83.8 Å². The zero-order valence-corrected chi connectivity index (χ0v) is 14.7. The number of hydrogen-bond acceptors (Lipinski definition) is 3. The van der Waals surface area contributed by atoms with E-state index in [4.69, 9.17) is 5.73 Å². The van der Waals surface area contributed by atoms with Crippen LogP contribution in [0.25, 0.3) is 10.9 Å². The van der Waals surface area contributed by atoms with E-state index >= 15 is 0 Å². The van der Waals surface area contributed by atoms with Crippen LogP contribution >= 0.6 is 12.4 Å². The summed E-state index contributed by atoms with van der Waals surface area (Å²) in [6, 6.07) is 4.57. The van der Waals surface area contributed by atoms with E-state index in [0.717, 1.165) is 29.3 Å². The second-order valence-corrected chi connectivity index (χ2v) is 7.33. The van der Waals surface area contributed by atoms with E-state index in [1.807, 2.05) is 19.1 Å². The maximum Gasteiger partial charge on any atom is 0.253 e. The molecule has 0 aliphatic heterocycles. The highest BCUT2D eigenvalue weighted by Crippen LogP contribution is 2.39. The Morgan fingerprint density at radius 1 is 1.29 bits per heavy atom. The summed E-state index contributed by atoms with van der Waals surface area (Å²) in [6.07, 6.45) is 7.48. The number of aromatic amines is 1. The number of aromatic nitrogens is 2. The van der Waals surface area contributed by atoms with Gasteiger partial charge in [-0.05, 0) is 62.1 Å². The second kappa shape index (κ2) is 6.73. The average Bonchev–Trinajstić information content (AvgIpc) is 2.95. The molecule has 1 aromatic carbocycles. The average molecular weight is 349 g/mol. The molecule has 0 saturated heterocycles. The van der Waals surface area contributed by atoms with E-state index in [9.17, 15) is 4.79 Å². The number of carbonyl (C=O) groups excluding carboxylic acids is 1. The molecule has 5 nitrogen and oxygen atoms in total. The number of aryl methyl sites for hydroxylation is 1. The molecular weight excluding hydrogens is 324 g/mol. The number of nitrogens with zero attached hydrogens (tertiary/aromatic N) is 1. The zero-order valence-electron chi connectivity index (χ0n) is 13.9.